The summed E-state index contributed by atoms with van der Waals surface area (Å²) < 4.78 is 2.11. The second-order valence-corrected chi connectivity index (χ2v) is 10.2. The van der Waals surface area contributed by atoms with Gasteiger partial charge in [0, 0.05) is 57.5 Å². The molecule has 0 spiro atoms. The first kappa shape index (κ1) is 28.1. The average Bonchev–Trinajstić information content (AvgIpc) is 2.99. The highest BCUT2D eigenvalue weighted by Gasteiger charge is 2.21. The number of carbonyl (C=O) groups excluding carboxylic acids is 1. The summed E-state index contributed by atoms with van der Waals surface area (Å²) in [6, 6.07) is 31.1. The molecule has 5 aromatic rings. The minimum absolute atomic E-state index is 0.0894. The van der Waals surface area contributed by atoms with Crippen LogP contribution in [0.15, 0.2) is 102 Å². The quantitative estimate of drug-likeness (QED) is 0.149. The number of para-hydroxylation sites is 1. The van der Waals surface area contributed by atoms with Crippen molar-refractivity contribution < 1.29 is 4.79 Å². The summed E-state index contributed by atoms with van der Waals surface area (Å²) in [5, 5.41) is 1.64. The molecule has 200 valence electrons. The van der Waals surface area contributed by atoms with Crippen LogP contribution in [-0.4, -0.2) is 32.0 Å². The van der Waals surface area contributed by atoms with Crippen LogP contribution in [0.1, 0.15) is 43.6 Å². The van der Waals surface area contributed by atoms with E-state index in [-0.39, 0.29) is 11.2 Å². The van der Waals surface area contributed by atoms with Gasteiger partial charge in [0.15, 0.2) is 11.2 Å². The number of nitrogens with zero attached hydrogens (tertiary/aromatic N) is 2. The first-order chi connectivity index (χ1) is 19.0. The van der Waals surface area contributed by atoms with Crippen molar-refractivity contribution in [3.8, 4) is 0 Å². The van der Waals surface area contributed by atoms with Crippen LogP contribution < -0.4 is 15.2 Å². The molecule has 39 heavy (non-hydrogen) atoms. The zero-order valence-corrected chi connectivity index (χ0v) is 24.0. The van der Waals surface area contributed by atoms with Crippen molar-refractivity contribution in [2.45, 2.75) is 27.7 Å². The van der Waals surface area contributed by atoms with E-state index in [1.807, 2.05) is 91.0 Å². The van der Waals surface area contributed by atoms with Crippen molar-refractivity contribution >= 4 is 48.7 Å². The van der Waals surface area contributed by atoms with Gasteiger partial charge in [0.05, 0.1) is 11.4 Å². The van der Waals surface area contributed by atoms with Gasteiger partial charge in [-0.05, 0) is 64.1 Å². The predicted octanol–water partition coefficient (Wildman–Crippen LogP) is 8.02. The molecule has 0 aliphatic heterocycles. The number of hydrogen-bond acceptors (Lipinski definition) is 5. The van der Waals surface area contributed by atoms with Crippen LogP contribution in [0.4, 0.5) is 11.4 Å². The lowest BCUT2D eigenvalue weighted by molar-refractivity contribution is 0.103. The van der Waals surface area contributed by atoms with E-state index in [2.05, 4.69) is 43.6 Å². The van der Waals surface area contributed by atoms with E-state index in [1.54, 1.807) is 11.3 Å². The highest BCUT2D eigenvalue weighted by Crippen LogP contribution is 2.34. The number of ketones is 1. The zero-order chi connectivity index (χ0) is 27.8. The normalized spacial score (nSPS) is 10.7. The average molecular weight is 537 g/mol. The van der Waals surface area contributed by atoms with Crippen molar-refractivity contribution in [3.05, 3.63) is 118 Å². The summed E-state index contributed by atoms with van der Waals surface area (Å²) in [7, 11) is 0. The Hall–Kier alpha value is -3.96. The lowest BCUT2D eigenvalue weighted by Gasteiger charge is -2.31. The SMILES string of the molecule is CCN(CC)c1cccc(C(=O)c2ccccc2)c1N(CC)CC.O=c1c2ccccc2sc2ccccc12. The molecule has 4 nitrogen and oxygen atoms in total. The Balaban J connectivity index is 0.000000199. The van der Waals surface area contributed by atoms with E-state index >= 15 is 0 Å². The lowest BCUT2D eigenvalue weighted by Crippen LogP contribution is -2.30. The monoisotopic (exact) mass is 536 g/mol. The van der Waals surface area contributed by atoms with Crippen LogP contribution in [0.3, 0.4) is 0 Å². The van der Waals surface area contributed by atoms with Gasteiger partial charge >= 0.3 is 0 Å². The van der Waals surface area contributed by atoms with Gasteiger partial charge in [-0.2, -0.15) is 0 Å². The minimum Gasteiger partial charge on any atom is -0.370 e. The fraction of sp³-hybridized carbons (Fsp3) is 0.235. The van der Waals surface area contributed by atoms with Crippen LogP contribution in [-0.2, 0) is 0 Å². The van der Waals surface area contributed by atoms with Crippen LogP contribution in [0, 0.1) is 0 Å². The third-order valence-corrected chi connectivity index (χ3v) is 8.11. The molecule has 0 bridgehead atoms. The third kappa shape index (κ3) is 6.04. The summed E-state index contributed by atoms with van der Waals surface area (Å²) >= 11 is 1.67. The molecule has 0 atom stereocenters. The number of anilines is 2. The zero-order valence-electron chi connectivity index (χ0n) is 23.2. The Morgan fingerprint density at radius 2 is 1.13 bits per heavy atom. The van der Waals surface area contributed by atoms with E-state index in [0.29, 0.717) is 0 Å². The lowest BCUT2D eigenvalue weighted by atomic mass is 9.99. The highest BCUT2D eigenvalue weighted by molar-refractivity contribution is 7.24. The van der Waals surface area contributed by atoms with Gasteiger partial charge in [-0.3, -0.25) is 9.59 Å². The number of hydrogen-bond donors (Lipinski definition) is 0. The molecule has 0 radical (unpaired) electrons. The van der Waals surface area contributed by atoms with Gasteiger partial charge in [-0.15, -0.1) is 11.3 Å². The second kappa shape index (κ2) is 13.2. The maximum atomic E-state index is 13.1. The van der Waals surface area contributed by atoms with Crippen molar-refractivity contribution in [1.29, 1.82) is 0 Å². The summed E-state index contributed by atoms with van der Waals surface area (Å²) in [5.41, 5.74) is 3.86. The van der Waals surface area contributed by atoms with E-state index < -0.39 is 0 Å². The topological polar surface area (TPSA) is 40.6 Å². The van der Waals surface area contributed by atoms with E-state index in [9.17, 15) is 9.59 Å². The third-order valence-electron chi connectivity index (χ3n) is 6.96. The van der Waals surface area contributed by atoms with Crippen molar-refractivity contribution in [1.82, 2.24) is 0 Å². The van der Waals surface area contributed by atoms with E-state index in [1.165, 1.54) is 0 Å². The number of fused-ring (bicyclic) bond motifs is 2. The molecule has 0 saturated carbocycles. The molecule has 0 aliphatic carbocycles. The minimum atomic E-state index is 0.0894. The van der Waals surface area contributed by atoms with Crippen molar-refractivity contribution in [2.75, 3.05) is 36.0 Å². The predicted molar refractivity (Wildman–Crippen MR) is 169 cm³/mol. The number of rotatable bonds is 8. The fourth-order valence-electron chi connectivity index (χ4n) is 4.90. The first-order valence-corrected chi connectivity index (χ1v) is 14.5. The highest BCUT2D eigenvalue weighted by atomic mass is 32.1. The molecule has 0 unspecified atom stereocenters. The van der Waals surface area contributed by atoms with Gasteiger partial charge in [-0.25, -0.2) is 0 Å². The molecular weight excluding hydrogens is 500 g/mol. The molecule has 0 saturated heterocycles. The molecule has 5 rings (SSSR count). The van der Waals surface area contributed by atoms with Gasteiger partial charge < -0.3 is 9.80 Å². The van der Waals surface area contributed by atoms with Gasteiger partial charge in [0.1, 0.15) is 0 Å². The fourth-order valence-corrected chi connectivity index (χ4v) is 5.97. The molecule has 0 fully saturated rings. The molecule has 0 aliphatic rings. The Bertz CT molecular complexity index is 1550. The van der Waals surface area contributed by atoms with Crippen LogP contribution in [0.5, 0.6) is 0 Å². The maximum absolute atomic E-state index is 13.1. The van der Waals surface area contributed by atoms with E-state index in [4.69, 9.17) is 0 Å². The molecule has 0 N–H and O–H groups in total. The second-order valence-electron chi connectivity index (χ2n) is 9.14. The van der Waals surface area contributed by atoms with Gasteiger partial charge in [-0.1, -0.05) is 60.7 Å². The Morgan fingerprint density at radius 3 is 1.67 bits per heavy atom. The Labute approximate surface area is 235 Å². The largest absolute Gasteiger partial charge is 0.370 e. The molecular formula is C34H36N2O2S. The van der Waals surface area contributed by atoms with Crippen molar-refractivity contribution in [3.63, 3.8) is 0 Å². The number of benzene rings is 4. The molecule has 1 aromatic heterocycles. The van der Waals surface area contributed by atoms with Crippen LogP contribution in [0.2, 0.25) is 0 Å². The summed E-state index contributed by atoms with van der Waals surface area (Å²) in [4.78, 5) is 29.8. The molecule has 1 heterocycles. The standard InChI is InChI=1S/C21H28N2O.C13H8OS/c1-5-22(6-2)19-16-12-15-18(20(19)23(7-3)8-4)21(24)17-13-10-9-11-14-17;14-13-9-5-1-3-7-11(9)15-12-8-4-2-6-10(12)13/h9-16H,5-8H2,1-4H3;1-8H. The first-order valence-electron chi connectivity index (χ1n) is 13.7. The van der Waals surface area contributed by atoms with Crippen LogP contribution >= 0.6 is 11.3 Å². The smallest absolute Gasteiger partial charge is 0.195 e. The Kier molecular flexibility index (Phi) is 9.50. The Morgan fingerprint density at radius 1 is 0.615 bits per heavy atom. The van der Waals surface area contributed by atoms with Gasteiger partial charge in [0.2, 0.25) is 0 Å². The van der Waals surface area contributed by atoms with E-state index in [0.717, 1.165) is 68.9 Å². The molecule has 5 heteroatoms. The molecule has 0 amide bonds. The summed E-state index contributed by atoms with van der Waals surface area (Å²) in [6.45, 7) is 12.2. The maximum Gasteiger partial charge on any atom is 0.195 e. The number of carbonyl (C=O) groups is 1. The molecule has 4 aromatic carbocycles. The van der Waals surface area contributed by atoms with Gasteiger partial charge in [0.25, 0.3) is 0 Å². The summed E-state index contributed by atoms with van der Waals surface area (Å²) in [6.07, 6.45) is 0. The van der Waals surface area contributed by atoms with Crippen molar-refractivity contribution in [2.24, 2.45) is 0 Å². The van der Waals surface area contributed by atoms with Crippen LogP contribution in [0.25, 0.3) is 20.2 Å². The summed E-state index contributed by atoms with van der Waals surface area (Å²) in [5.74, 6) is 0.0894.